The minimum atomic E-state index is -0.746. The lowest BCUT2D eigenvalue weighted by Crippen LogP contribution is -2.52. The average Bonchev–Trinajstić information content (AvgIpc) is 2.13. The molecule has 86 valence electrons. The van der Waals surface area contributed by atoms with Crippen molar-refractivity contribution in [2.75, 3.05) is 0 Å². The molecule has 2 N–H and O–H groups in total. The van der Waals surface area contributed by atoms with Crippen molar-refractivity contribution in [3.05, 3.63) is 0 Å². The van der Waals surface area contributed by atoms with E-state index in [2.05, 4.69) is 6.92 Å². The van der Waals surface area contributed by atoms with E-state index in [0.29, 0.717) is 18.8 Å². The summed E-state index contributed by atoms with van der Waals surface area (Å²) in [4.78, 5) is 10.7. The van der Waals surface area contributed by atoms with Gasteiger partial charge in [0.1, 0.15) is 0 Å². The zero-order valence-electron chi connectivity index (χ0n) is 9.28. The minimum Gasteiger partial charge on any atom is -0.481 e. The Morgan fingerprint density at radius 1 is 1.20 bits per heavy atom. The summed E-state index contributed by atoms with van der Waals surface area (Å²) in [6, 6.07) is 0. The van der Waals surface area contributed by atoms with E-state index in [4.69, 9.17) is 5.11 Å². The maximum atomic E-state index is 10.7. The molecule has 0 spiro atoms. The lowest BCUT2D eigenvalue weighted by molar-refractivity contribution is -0.169. The average molecular weight is 212 g/mol. The van der Waals surface area contributed by atoms with Gasteiger partial charge in [-0.3, -0.25) is 4.79 Å². The molecule has 2 aliphatic carbocycles. The molecule has 0 aromatic heterocycles. The zero-order chi connectivity index (χ0) is 11.1. The van der Waals surface area contributed by atoms with Crippen LogP contribution < -0.4 is 0 Å². The number of hydrogen-bond acceptors (Lipinski definition) is 2. The summed E-state index contributed by atoms with van der Waals surface area (Å²) < 4.78 is 0. The fraction of sp³-hybridized carbons (Fsp3) is 0.917. The largest absolute Gasteiger partial charge is 0.481 e. The van der Waals surface area contributed by atoms with Crippen LogP contribution >= 0.6 is 0 Å². The Morgan fingerprint density at radius 3 is 2.20 bits per heavy atom. The summed E-state index contributed by atoms with van der Waals surface area (Å²) in [5.74, 6) is 0.0858. The van der Waals surface area contributed by atoms with Crippen LogP contribution in [0.15, 0.2) is 0 Å². The molecule has 2 fully saturated rings. The molecule has 15 heavy (non-hydrogen) atoms. The van der Waals surface area contributed by atoms with Crippen LogP contribution in [0.1, 0.15) is 45.4 Å². The predicted octanol–water partition coefficient (Wildman–Crippen LogP) is 2.04. The predicted molar refractivity (Wildman–Crippen MR) is 56.4 cm³/mol. The van der Waals surface area contributed by atoms with Gasteiger partial charge in [0.25, 0.3) is 0 Å². The number of aliphatic hydroxyl groups is 1. The van der Waals surface area contributed by atoms with E-state index in [1.54, 1.807) is 0 Å². The SMILES string of the molecule is CC1CCC(C2(O)CC(C(=O)O)C2)CC1. The van der Waals surface area contributed by atoms with E-state index in [0.717, 1.165) is 18.8 Å². The molecule has 0 aromatic rings. The van der Waals surface area contributed by atoms with Gasteiger partial charge in [-0.25, -0.2) is 0 Å². The van der Waals surface area contributed by atoms with Gasteiger partial charge in [0.15, 0.2) is 0 Å². The van der Waals surface area contributed by atoms with Gasteiger partial charge in [-0.15, -0.1) is 0 Å². The van der Waals surface area contributed by atoms with E-state index in [1.165, 1.54) is 12.8 Å². The Balaban J connectivity index is 1.87. The Labute approximate surface area is 90.5 Å². The molecule has 0 atom stereocenters. The fourth-order valence-electron chi connectivity index (χ4n) is 3.10. The van der Waals surface area contributed by atoms with Crippen LogP contribution in [0.5, 0.6) is 0 Å². The van der Waals surface area contributed by atoms with Gasteiger partial charge in [-0.1, -0.05) is 19.8 Å². The maximum Gasteiger partial charge on any atom is 0.306 e. The summed E-state index contributed by atoms with van der Waals surface area (Å²) in [7, 11) is 0. The third-order valence-electron chi connectivity index (χ3n) is 4.32. The molecule has 0 aliphatic heterocycles. The van der Waals surface area contributed by atoms with Crippen LogP contribution in [0, 0.1) is 17.8 Å². The molecule has 0 amide bonds. The van der Waals surface area contributed by atoms with Crippen LogP contribution in [0.25, 0.3) is 0 Å². The highest BCUT2D eigenvalue weighted by Crippen LogP contribution is 2.48. The number of rotatable bonds is 2. The smallest absolute Gasteiger partial charge is 0.306 e. The Hall–Kier alpha value is -0.570. The van der Waals surface area contributed by atoms with E-state index in [1.807, 2.05) is 0 Å². The Bertz CT molecular complexity index is 248. The lowest BCUT2D eigenvalue weighted by atomic mass is 9.60. The van der Waals surface area contributed by atoms with Crippen molar-refractivity contribution in [3.63, 3.8) is 0 Å². The van der Waals surface area contributed by atoms with E-state index in [9.17, 15) is 9.90 Å². The highest BCUT2D eigenvalue weighted by molar-refractivity contribution is 5.71. The maximum absolute atomic E-state index is 10.7. The summed E-state index contributed by atoms with van der Waals surface area (Å²) in [6.45, 7) is 2.25. The van der Waals surface area contributed by atoms with Gasteiger partial charge >= 0.3 is 5.97 Å². The van der Waals surface area contributed by atoms with E-state index < -0.39 is 11.6 Å². The molecule has 0 heterocycles. The molecule has 0 unspecified atom stereocenters. The third-order valence-corrected chi connectivity index (χ3v) is 4.32. The van der Waals surface area contributed by atoms with Crippen LogP contribution in [-0.2, 0) is 4.79 Å². The number of carbonyl (C=O) groups is 1. The second-order valence-electron chi connectivity index (χ2n) is 5.50. The van der Waals surface area contributed by atoms with E-state index >= 15 is 0 Å². The quantitative estimate of drug-likeness (QED) is 0.736. The Morgan fingerprint density at radius 2 is 1.73 bits per heavy atom. The molecular formula is C12H20O3. The number of aliphatic carboxylic acids is 1. The molecule has 0 bridgehead atoms. The molecule has 0 radical (unpaired) electrons. The van der Waals surface area contributed by atoms with Gasteiger partial charge in [-0.2, -0.15) is 0 Å². The zero-order valence-corrected chi connectivity index (χ0v) is 9.28. The van der Waals surface area contributed by atoms with Gasteiger partial charge in [0.05, 0.1) is 11.5 Å². The van der Waals surface area contributed by atoms with Crippen molar-refractivity contribution in [1.29, 1.82) is 0 Å². The summed E-state index contributed by atoms with van der Waals surface area (Å²) in [5.41, 5.74) is -0.650. The van der Waals surface area contributed by atoms with Crippen LogP contribution in [0.3, 0.4) is 0 Å². The lowest BCUT2D eigenvalue weighted by Gasteiger charge is -2.48. The van der Waals surface area contributed by atoms with Gasteiger partial charge in [-0.05, 0) is 37.5 Å². The number of carboxylic acid groups (broad SMARTS) is 1. The number of carboxylic acids is 1. The second-order valence-corrected chi connectivity index (χ2v) is 5.50. The third kappa shape index (κ3) is 2.03. The molecule has 0 aromatic carbocycles. The molecule has 3 nitrogen and oxygen atoms in total. The molecular weight excluding hydrogens is 192 g/mol. The van der Waals surface area contributed by atoms with Crippen molar-refractivity contribution in [2.45, 2.75) is 51.0 Å². The first-order valence-electron chi connectivity index (χ1n) is 5.96. The first-order valence-corrected chi connectivity index (χ1v) is 5.96. The van der Waals surface area contributed by atoms with Crippen molar-refractivity contribution in [1.82, 2.24) is 0 Å². The van der Waals surface area contributed by atoms with Gasteiger partial charge in [0, 0.05) is 0 Å². The van der Waals surface area contributed by atoms with E-state index in [-0.39, 0.29) is 5.92 Å². The summed E-state index contributed by atoms with van der Waals surface area (Å²) in [6.07, 6.45) is 5.46. The van der Waals surface area contributed by atoms with Crippen molar-refractivity contribution >= 4 is 5.97 Å². The van der Waals surface area contributed by atoms with Crippen molar-refractivity contribution < 1.29 is 15.0 Å². The molecule has 3 heteroatoms. The van der Waals surface area contributed by atoms with Gasteiger partial charge in [0.2, 0.25) is 0 Å². The minimum absolute atomic E-state index is 0.297. The first kappa shape index (κ1) is 10.9. The first-order chi connectivity index (χ1) is 7.01. The highest BCUT2D eigenvalue weighted by atomic mass is 16.4. The fourth-order valence-corrected chi connectivity index (χ4v) is 3.10. The van der Waals surface area contributed by atoms with Crippen molar-refractivity contribution in [2.24, 2.45) is 17.8 Å². The normalized spacial score (nSPS) is 45.9. The van der Waals surface area contributed by atoms with Gasteiger partial charge < -0.3 is 10.2 Å². The molecule has 0 saturated heterocycles. The van der Waals surface area contributed by atoms with Crippen LogP contribution in [0.4, 0.5) is 0 Å². The van der Waals surface area contributed by atoms with Crippen molar-refractivity contribution in [3.8, 4) is 0 Å². The molecule has 2 saturated carbocycles. The molecule has 2 aliphatic rings. The molecule has 2 rings (SSSR count). The summed E-state index contributed by atoms with van der Waals surface area (Å²) >= 11 is 0. The second kappa shape index (κ2) is 3.78. The standard InChI is InChI=1S/C12H20O3/c1-8-2-4-10(5-3-8)12(15)6-9(7-12)11(13)14/h8-10,15H,2-7H2,1H3,(H,13,14). The van der Waals surface area contributed by atoms with Crippen LogP contribution in [0.2, 0.25) is 0 Å². The monoisotopic (exact) mass is 212 g/mol. The van der Waals surface area contributed by atoms with Crippen LogP contribution in [-0.4, -0.2) is 21.8 Å². The highest BCUT2D eigenvalue weighted by Gasteiger charge is 2.51. The number of hydrogen-bond donors (Lipinski definition) is 2. The topological polar surface area (TPSA) is 57.5 Å². The Kier molecular flexibility index (Phi) is 2.75. The summed E-state index contributed by atoms with van der Waals surface area (Å²) in [5, 5.41) is 19.1.